The minimum absolute atomic E-state index is 0.0123. The average molecular weight is 612 g/mol. The summed E-state index contributed by atoms with van der Waals surface area (Å²) in [5, 5.41) is 0.0143. The number of hydrogen-bond donors (Lipinski definition) is 0. The van der Waals surface area contributed by atoms with Crippen LogP contribution in [0, 0.1) is 0 Å². The second-order valence-corrected chi connectivity index (χ2v) is 11.0. The molecule has 0 N–H and O–H groups in total. The van der Waals surface area contributed by atoms with E-state index in [2.05, 4.69) is 0 Å². The van der Waals surface area contributed by atoms with E-state index in [0.717, 1.165) is 22.3 Å². The Morgan fingerprint density at radius 2 is 0.979 bits per heavy atom. The third-order valence-corrected chi connectivity index (χ3v) is 8.32. The Morgan fingerprint density at radius 1 is 0.426 bits per heavy atom. The molecule has 0 aliphatic heterocycles. The summed E-state index contributed by atoms with van der Waals surface area (Å²) < 4.78 is 116. The highest BCUT2D eigenvalue weighted by molar-refractivity contribution is 6.21. The molecule has 1 aromatic heterocycles. The maximum atomic E-state index is 9.33. The van der Waals surface area contributed by atoms with Gasteiger partial charge >= 0.3 is 0 Å². The Hall–Kier alpha value is -6.25. The first-order chi connectivity index (χ1) is 28.7. The van der Waals surface area contributed by atoms with Crippen LogP contribution in [0.15, 0.2) is 182 Å². The van der Waals surface area contributed by atoms with Crippen LogP contribution >= 0.6 is 0 Å². The lowest BCUT2D eigenvalue weighted by molar-refractivity contribution is 1.10. The van der Waals surface area contributed by atoms with E-state index in [9.17, 15) is 5.48 Å². The fraction of sp³-hybridized carbons (Fsp3) is 0. The van der Waals surface area contributed by atoms with Crippen molar-refractivity contribution in [3.8, 4) is 50.5 Å². The molecule has 0 aliphatic carbocycles. The molecule has 9 rings (SSSR count). The minimum atomic E-state index is -0.563. The van der Waals surface area contributed by atoms with Gasteiger partial charge in [-0.15, -0.1) is 0 Å². The predicted octanol–water partition coefficient (Wildman–Crippen LogP) is 12.0. The van der Waals surface area contributed by atoms with E-state index in [1.807, 2.05) is 71.3 Å². The van der Waals surface area contributed by atoms with Crippen LogP contribution in [0.1, 0.15) is 17.8 Å². The predicted molar refractivity (Wildman–Crippen MR) is 198 cm³/mol. The van der Waals surface area contributed by atoms with Gasteiger partial charge in [0.1, 0.15) is 5.82 Å². The molecule has 0 radical (unpaired) electrons. The normalized spacial score (nSPS) is 15.3. The molecule has 0 saturated carbocycles. The number of aromatic nitrogens is 2. The Labute approximate surface area is 292 Å². The summed E-state index contributed by atoms with van der Waals surface area (Å²) in [7, 11) is 0. The molecular formula is C45H30N2. The van der Waals surface area contributed by atoms with Crippen molar-refractivity contribution in [3.63, 3.8) is 0 Å². The molecule has 220 valence electrons. The summed E-state index contributed by atoms with van der Waals surface area (Å²) in [5.41, 5.74) is 4.28. The lowest BCUT2D eigenvalue weighted by Crippen LogP contribution is -1.97. The first-order valence-electron chi connectivity index (χ1n) is 21.5. The number of para-hydroxylation sites is 3. The Kier molecular flexibility index (Phi) is 4.05. The van der Waals surface area contributed by atoms with Gasteiger partial charge < -0.3 is 0 Å². The Morgan fingerprint density at radius 3 is 1.66 bits per heavy atom. The van der Waals surface area contributed by atoms with Crippen molar-refractivity contribution in [2.24, 2.45) is 0 Å². The molecule has 0 unspecified atom stereocenters. The Bertz CT molecular complexity index is 3180. The minimum Gasteiger partial charge on any atom is -0.292 e. The fourth-order valence-corrected chi connectivity index (χ4v) is 6.27. The SMILES string of the molecule is [2H]c1c([2H])c([2H])c(-c2cccc(-c3c4c([2H])c([2H])c([2H])c([2H])c4c(-c4ccc(-c5nc6ccccc6n5-c5ccccc5)cc4)c4c([2H])c([2H])c([2H])c([2H])c34)c2)c([2H])c1[2H]. The number of nitrogens with zero attached hydrogens (tertiary/aromatic N) is 2. The van der Waals surface area contributed by atoms with Gasteiger partial charge in [-0.25, -0.2) is 4.98 Å². The molecular weight excluding hydrogens is 569 g/mol. The largest absolute Gasteiger partial charge is 0.292 e. The smallest absolute Gasteiger partial charge is 0.145 e. The van der Waals surface area contributed by atoms with E-state index in [0.29, 0.717) is 11.4 Å². The monoisotopic (exact) mass is 611 g/mol. The van der Waals surface area contributed by atoms with Crippen LogP contribution in [0.4, 0.5) is 0 Å². The first kappa shape index (κ1) is 16.9. The standard InChI is InChI=1S/C45H30N2/c1-3-14-31(15-4-1)34-16-13-17-35(30-34)44-39-22-9-7-20-37(39)43(38-21-8-10-23-40(38)44)32-26-28-33(29-27-32)45-46-41-24-11-12-25-42(41)47(45)36-18-5-2-6-19-36/h1-30H/i1D,3D,4D,7D,8D,9D,10D,14D,15D,20D,21D,22D,23D. The maximum absolute atomic E-state index is 9.33. The molecule has 8 aromatic carbocycles. The molecule has 0 amide bonds. The molecule has 0 bridgehead atoms. The fourth-order valence-electron chi connectivity index (χ4n) is 6.27. The van der Waals surface area contributed by atoms with E-state index in [1.54, 1.807) is 30.3 Å². The molecule has 0 saturated heterocycles. The summed E-state index contributed by atoms with van der Waals surface area (Å²) in [6.07, 6.45) is 0. The molecule has 47 heavy (non-hydrogen) atoms. The van der Waals surface area contributed by atoms with E-state index >= 15 is 0 Å². The zero-order chi connectivity index (χ0) is 42.5. The van der Waals surface area contributed by atoms with Gasteiger partial charge in [0.15, 0.2) is 0 Å². The number of fused-ring (bicyclic) bond motifs is 3. The highest BCUT2D eigenvalue weighted by Crippen LogP contribution is 2.44. The van der Waals surface area contributed by atoms with Gasteiger partial charge in [-0.3, -0.25) is 4.57 Å². The van der Waals surface area contributed by atoms with Gasteiger partial charge in [0.05, 0.1) is 28.9 Å². The number of rotatable bonds is 5. The Balaban J connectivity index is 1.38. The van der Waals surface area contributed by atoms with Crippen molar-refractivity contribution in [2.75, 3.05) is 0 Å². The highest BCUT2D eigenvalue weighted by Gasteiger charge is 2.18. The van der Waals surface area contributed by atoms with Gasteiger partial charge in [0, 0.05) is 11.3 Å². The molecule has 1 heterocycles. The lowest BCUT2D eigenvalue weighted by Gasteiger charge is -2.18. The molecule has 0 fully saturated rings. The summed E-state index contributed by atoms with van der Waals surface area (Å²) in [5.74, 6) is 0.641. The molecule has 0 spiro atoms. The van der Waals surface area contributed by atoms with Gasteiger partial charge in [-0.2, -0.15) is 0 Å². The third kappa shape index (κ3) is 4.62. The second kappa shape index (κ2) is 11.3. The van der Waals surface area contributed by atoms with Crippen molar-refractivity contribution >= 4 is 32.6 Å². The van der Waals surface area contributed by atoms with Gasteiger partial charge in [0.2, 0.25) is 0 Å². The number of imidazole rings is 1. The van der Waals surface area contributed by atoms with Crippen LogP contribution in [-0.2, 0) is 0 Å². The summed E-state index contributed by atoms with van der Waals surface area (Å²) >= 11 is 0. The molecule has 9 aromatic rings. The van der Waals surface area contributed by atoms with E-state index < -0.39 is 78.6 Å². The third-order valence-electron chi connectivity index (χ3n) is 8.32. The van der Waals surface area contributed by atoms with Crippen LogP contribution in [0.5, 0.6) is 0 Å². The quantitative estimate of drug-likeness (QED) is 0.177. The van der Waals surface area contributed by atoms with Crippen LogP contribution in [0.3, 0.4) is 0 Å². The second-order valence-electron chi connectivity index (χ2n) is 11.0. The van der Waals surface area contributed by atoms with Crippen LogP contribution in [0.25, 0.3) is 83.0 Å². The summed E-state index contributed by atoms with van der Waals surface area (Å²) in [6.45, 7) is 0. The number of benzene rings is 8. The summed E-state index contributed by atoms with van der Waals surface area (Å²) in [6, 6.07) is 24.4. The van der Waals surface area contributed by atoms with Crippen LogP contribution in [0.2, 0.25) is 0 Å². The van der Waals surface area contributed by atoms with Gasteiger partial charge in [-0.1, -0.05) is 151 Å². The highest BCUT2D eigenvalue weighted by atomic mass is 15.1. The molecule has 0 aliphatic rings. The average Bonchev–Trinajstić information content (AvgIpc) is 3.66. The van der Waals surface area contributed by atoms with Gasteiger partial charge in [-0.05, 0) is 85.3 Å². The van der Waals surface area contributed by atoms with Crippen molar-refractivity contribution in [1.82, 2.24) is 9.55 Å². The molecule has 2 heteroatoms. The van der Waals surface area contributed by atoms with Gasteiger partial charge in [0.25, 0.3) is 0 Å². The van der Waals surface area contributed by atoms with Crippen molar-refractivity contribution in [1.29, 1.82) is 0 Å². The maximum Gasteiger partial charge on any atom is 0.145 e. The van der Waals surface area contributed by atoms with Crippen LogP contribution in [-0.4, -0.2) is 9.55 Å². The van der Waals surface area contributed by atoms with E-state index in [1.165, 1.54) is 6.07 Å². The molecule has 2 nitrogen and oxygen atoms in total. The summed E-state index contributed by atoms with van der Waals surface area (Å²) in [4.78, 5) is 4.96. The zero-order valence-electron chi connectivity index (χ0n) is 37.7. The topological polar surface area (TPSA) is 17.8 Å². The van der Waals surface area contributed by atoms with Crippen molar-refractivity contribution in [2.45, 2.75) is 0 Å². The number of hydrogen-bond acceptors (Lipinski definition) is 1. The van der Waals surface area contributed by atoms with Crippen molar-refractivity contribution < 1.29 is 17.8 Å². The zero-order valence-corrected chi connectivity index (χ0v) is 24.7. The molecule has 0 atom stereocenters. The lowest BCUT2D eigenvalue weighted by atomic mass is 9.85. The van der Waals surface area contributed by atoms with Crippen molar-refractivity contribution in [3.05, 3.63) is 182 Å². The first-order valence-corrected chi connectivity index (χ1v) is 15.0. The van der Waals surface area contributed by atoms with E-state index in [-0.39, 0.29) is 49.4 Å². The van der Waals surface area contributed by atoms with Crippen LogP contribution < -0.4 is 0 Å². The van der Waals surface area contributed by atoms with E-state index in [4.69, 9.17) is 17.3 Å².